The third-order valence-electron chi connectivity index (χ3n) is 2.67. The summed E-state index contributed by atoms with van der Waals surface area (Å²) in [6.07, 6.45) is 0. The van der Waals surface area contributed by atoms with E-state index in [0.717, 1.165) is 5.56 Å². The van der Waals surface area contributed by atoms with Crippen LogP contribution in [0.1, 0.15) is 56.2 Å². The second-order valence-corrected chi connectivity index (χ2v) is 4.58. The molecule has 1 aromatic rings. The maximum absolute atomic E-state index is 8.81. The van der Waals surface area contributed by atoms with Crippen molar-refractivity contribution in [2.24, 2.45) is 0 Å². The zero-order valence-corrected chi connectivity index (χ0v) is 10.5. The first-order chi connectivity index (χ1) is 7.57. The average Bonchev–Trinajstić information content (AvgIpc) is 2.25. The first-order valence-corrected chi connectivity index (χ1v) is 5.80. The first-order valence-electron chi connectivity index (χ1n) is 5.80. The molecule has 0 fully saturated rings. The van der Waals surface area contributed by atoms with Crippen molar-refractivity contribution in [3.8, 4) is 11.8 Å². The quantitative estimate of drug-likeness (QED) is 0.752. The van der Waals surface area contributed by atoms with Crippen LogP contribution in [0.4, 0.5) is 0 Å². The summed E-state index contributed by atoms with van der Waals surface area (Å²) < 4.78 is 0. The van der Waals surface area contributed by atoms with E-state index in [0.29, 0.717) is 11.8 Å². The molecular weight excluding hydrogens is 196 g/mol. The molecule has 0 aliphatic carbocycles. The highest BCUT2D eigenvalue weighted by atomic mass is 16.2. The normalized spacial score (nSPS) is 10.4. The highest BCUT2D eigenvalue weighted by Crippen LogP contribution is 2.26. The fourth-order valence-electron chi connectivity index (χ4n) is 1.82. The Kier molecular flexibility index (Phi) is 4.58. The average molecular weight is 216 g/mol. The van der Waals surface area contributed by atoms with Gasteiger partial charge in [0.25, 0.3) is 0 Å². The maximum atomic E-state index is 8.81. The van der Waals surface area contributed by atoms with Gasteiger partial charge in [0.1, 0.15) is 6.61 Å². The van der Waals surface area contributed by atoms with Gasteiger partial charge in [-0.25, -0.2) is 0 Å². The van der Waals surface area contributed by atoms with Crippen LogP contribution in [0, 0.1) is 11.8 Å². The van der Waals surface area contributed by atoms with E-state index in [2.05, 4.69) is 57.7 Å². The van der Waals surface area contributed by atoms with E-state index in [1.165, 1.54) is 11.1 Å². The van der Waals surface area contributed by atoms with Crippen LogP contribution in [0.25, 0.3) is 0 Å². The maximum Gasteiger partial charge on any atom is 0.104 e. The van der Waals surface area contributed by atoms with Crippen molar-refractivity contribution in [1.29, 1.82) is 0 Å². The number of aliphatic hydroxyl groups excluding tert-OH is 1. The van der Waals surface area contributed by atoms with Gasteiger partial charge in [-0.05, 0) is 23.0 Å². The Morgan fingerprint density at radius 2 is 1.56 bits per heavy atom. The van der Waals surface area contributed by atoms with Gasteiger partial charge >= 0.3 is 0 Å². The molecule has 0 aliphatic heterocycles. The van der Waals surface area contributed by atoms with Gasteiger partial charge in [0.2, 0.25) is 0 Å². The Balaban J connectivity index is 3.35. The van der Waals surface area contributed by atoms with Gasteiger partial charge in [0, 0.05) is 5.56 Å². The number of hydrogen-bond donors (Lipinski definition) is 1. The predicted octanol–water partition coefficient (Wildman–Crippen LogP) is 3.28. The molecule has 0 heterocycles. The Morgan fingerprint density at radius 1 is 1.06 bits per heavy atom. The van der Waals surface area contributed by atoms with Gasteiger partial charge < -0.3 is 5.11 Å². The molecule has 1 N–H and O–H groups in total. The molecule has 0 amide bonds. The zero-order valence-electron chi connectivity index (χ0n) is 10.5. The molecule has 0 aromatic heterocycles. The van der Waals surface area contributed by atoms with Crippen LogP contribution in [0.15, 0.2) is 18.2 Å². The van der Waals surface area contributed by atoms with E-state index in [1.807, 2.05) is 0 Å². The van der Waals surface area contributed by atoms with Crippen LogP contribution >= 0.6 is 0 Å². The molecule has 1 aromatic carbocycles. The largest absolute Gasteiger partial charge is 0.384 e. The summed E-state index contributed by atoms with van der Waals surface area (Å²) in [7, 11) is 0. The van der Waals surface area contributed by atoms with Crippen molar-refractivity contribution in [3.05, 3.63) is 34.9 Å². The third kappa shape index (κ3) is 2.87. The molecule has 0 radical (unpaired) electrons. The van der Waals surface area contributed by atoms with Crippen molar-refractivity contribution < 1.29 is 5.11 Å². The molecule has 0 atom stereocenters. The molecule has 0 saturated carbocycles. The van der Waals surface area contributed by atoms with Gasteiger partial charge in [0.05, 0.1) is 0 Å². The SMILES string of the molecule is CC(C)c1cccc(C(C)C)c1C#CCO. The monoisotopic (exact) mass is 216 g/mol. The van der Waals surface area contributed by atoms with Crippen LogP contribution in [0.3, 0.4) is 0 Å². The van der Waals surface area contributed by atoms with Gasteiger partial charge in [-0.1, -0.05) is 57.7 Å². The van der Waals surface area contributed by atoms with E-state index < -0.39 is 0 Å². The molecule has 0 spiro atoms. The van der Waals surface area contributed by atoms with Crippen molar-refractivity contribution in [3.63, 3.8) is 0 Å². The van der Waals surface area contributed by atoms with Crippen molar-refractivity contribution in [2.75, 3.05) is 6.61 Å². The second-order valence-electron chi connectivity index (χ2n) is 4.58. The summed E-state index contributed by atoms with van der Waals surface area (Å²) in [5.74, 6) is 6.77. The lowest BCUT2D eigenvalue weighted by atomic mass is 9.89. The summed E-state index contributed by atoms with van der Waals surface area (Å²) in [6, 6.07) is 6.34. The second kappa shape index (κ2) is 5.72. The lowest BCUT2D eigenvalue weighted by Crippen LogP contribution is -2.00. The van der Waals surface area contributed by atoms with Crippen molar-refractivity contribution >= 4 is 0 Å². The molecule has 1 rings (SSSR count). The summed E-state index contributed by atoms with van der Waals surface area (Å²) in [4.78, 5) is 0. The van der Waals surface area contributed by atoms with E-state index in [9.17, 15) is 0 Å². The molecule has 0 saturated heterocycles. The summed E-state index contributed by atoms with van der Waals surface area (Å²) in [5, 5.41) is 8.81. The van der Waals surface area contributed by atoms with Crippen LogP contribution in [-0.4, -0.2) is 11.7 Å². The minimum atomic E-state index is -0.0794. The minimum Gasteiger partial charge on any atom is -0.384 e. The topological polar surface area (TPSA) is 20.2 Å². The minimum absolute atomic E-state index is 0.0794. The number of aliphatic hydroxyl groups is 1. The van der Waals surface area contributed by atoms with E-state index in [4.69, 9.17) is 5.11 Å². The fourth-order valence-corrected chi connectivity index (χ4v) is 1.82. The van der Waals surface area contributed by atoms with E-state index in [1.54, 1.807) is 0 Å². The lowest BCUT2D eigenvalue weighted by molar-refractivity contribution is 0.350. The van der Waals surface area contributed by atoms with Crippen molar-refractivity contribution in [1.82, 2.24) is 0 Å². The molecular formula is C15H20O. The van der Waals surface area contributed by atoms with Crippen molar-refractivity contribution in [2.45, 2.75) is 39.5 Å². The third-order valence-corrected chi connectivity index (χ3v) is 2.67. The molecule has 0 bridgehead atoms. The highest BCUT2D eigenvalue weighted by Gasteiger charge is 2.11. The van der Waals surface area contributed by atoms with E-state index in [-0.39, 0.29) is 6.61 Å². The van der Waals surface area contributed by atoms with Gasteiger partial charge in [-0.2, -0.15) is 0 Å². The van der Waals surface area contributed by atoms with Crippen LogP contribution < -0.4 is 0 Å². The molecule has 0 unspecified atom stereocenters. The summed E-state index contributed by atoms with van der Waals surface area (Å²) in [5.41, 5.74) is 3.64. The van der Waals surface area contributed by atoms with Gasteiger partial charge in [0.15, 0.2) is 0 Å². The Labute approximate surface area is 98.5 Å². The molecule has 0 aliphatic rings. The van der Waals surface area contributed by atoms with Crippen LogP contribution in [0.5, 0.6) is 0 Å². The fraction of sp³-hybridized carbons (Fsp3) is 0.467. The smallest absolute Gasteiger partial charge is 0.104 e. The molecule has 1 heteroatoms. The van der Waals surface area contributed by atoms with Gasteiger partial charge in [-0.15, -0.1) is 0 Å². The Morgan fingerprint density at radius 3 is 1.94 bits per heavy atom. The Bertz CT molecular complexity index is 379. The predicted molar refractivity (Wildman–Crippen MR) is 68.6 cm³/mol. The van der Waals surface area contributed by atoms with Crippen LogP contribution in [-0.2, 0) is 0 Å². The Hall–Kier alpha value is -1.26. The summed E-state index contributed by atoms with van der Waals surface area (Å²) in [6.45, 7) is 8.60. The standard InChI is InChI=1S/C15H20O/c1-11(2)13-7-5-8-14(12(3)4)15(13)9-6-10-16/h5,7-8,11-12,16H,10H2,1-4H3. The molecule has 1 nitrogen and oxygen atoms in total. The summed E-state index contributed by atoms with van der Waals surface area (Å²) >= 11 is 0. The lowest BCUT2D eigenvalue weighted by Gasteiger charge is -2.15. The molecule has 16 heavy (non-hydrogen) atoms. The molecule has 86 valence electrons. The first kappa shape index (κ1) is 12.8. The number of hydrogen-bond acceptors (Lipinski definition) is 1. The van der Waals surface area contributed by atoms with Crippen LogP contribution in [0.2, 0.25) is 0 Å². The number of benzene rings is 1. The van der Waals surface area contributed by atoms with E-state index >= 15 is 0 Å². The highest BCUT2D eigenvalue weighted by molar-refractivity contribution is 5.49. The van der Waals surface area contributed by atoms with Gasteiger partial charge in [-0.3, -0.25) is 0 Å². The number of rotatable bonds is 2. The zero-order chi connectivity index (χ0) is 12.1.